The van der Waals surface area contributed by atoms with Gasteiger partial charge in [-0.1, -0.05) is 84.9 Å². The Labute approximate surface area is 184 Å². The van der Waals surface area contributed by atoms with Crippen LogP contribution in [0.1, 0.15) is 11.1 Å². The molecule has 0 radical (unpaired) electrons. The summed E-state index contributed by atoms with van der Waals surface area (Å²) < 4.78 is 0.838. The molecule has 1 aliphatic rings. The number of benzene rings is 3. The van der Waals surface area contributed by atoms with Gasteiger partial charge in [0.1, 0.15) is 6.04 Å². The molecule has 0 spiro atoms. The van der Waals surface area contributed by atoms with E-state index in [0.29, 0.717) is 0 Å². The quantitative estimate of drug-likeness (QED) is 0.546. The molecule has 3 aromatic rings. The lowest BCUT2D eigenvalue weighted by molar-refractivity contribution is -0.131. The zero-order valence-corrected chi connectivity index (χ0v) is 17.8. The smallest absolute Gasteiger partial charge is 0.252 e. The summed E-state index contributed by atoms with van der Waals surface area (Å²) in [5, 5.41) is 2.92. The maximum Gasteiger partial charge on any atom is 0.252 e. The second-order valence-corrected chi connectivity index (χ2v) is 7.98. The minimum atomic E-state index is -0.590. The molecule has 4 rings (SSSR count). The number of hydrogen-bond acceptors (Lipinski definition) is 2. The van der Waals surface area contributed by atoms with E-state index in [-0.39, 0.29) is 24.3 Å². The van der Waals surface area contributed by atoms with Crippen molar-refractivity contribution in [3.8, 4) is 0 Å². The Kier molecular flexibility index (Phi) is 6.10. The monoisotopic (exact) mass is 460 g/mol. The number of anilines is 1. The molecule has 4 nitrogen and oxygen atoms in total. The van der Waals surface area contributed by atoms with Crippen molar-refractivity contribution in [2.75, 3.05) is 4.90 Å². The third-order valence-corrected chi connectivity index (χ3v) is 5.74. The highest BCUT2D eigenvalue weighted by atomic mass is 79.9. The zero-order valence-electron chi connectivity index (χ0n) is 16.2. The van der Waals surface area contributed by atoms with Crippen LogP contribution in [-0.2, 0) is 16.0 Å². The van der Waals surface area contributed by atoms with Gasteiger partial charge in [0.2, 0.25) is 5.91 Å². The van der Waals surface area contributed by atoms with E-state index in [0.717, 1.165) is 21.3 Å². The first-order valence-corrected chi connectivity index (χ1v) is 10.6. The standard InChI is InChI=1S/C25H21BrN2O2/c26-20-13-7-8-14-21(20)28-22(16-15-18-9-3-1-4-10-18)24(25(28)30)27-23(29)17-19-11-5-2-6-12-19/h1-16,22,24H,17H2,(H,27,29)/b16-15+/t22-,24-/m0/s1. The number of amides is 2. The van der Waals surface area contributed by atoms with E-state index in [9.17, 15) is 9.59 Å². The fourth-order valence-corrected chi connectivity index (χ4v) is 4.04. The van der Waals surface area contributed by atoms with E-state index in [1.54, 1.807) is 4.90 Å². The molecule has 1 N–H and O–H groups in total. The lowest BCUT2D eigenvalue weighted by Gasteiger charge is -2.46. The SMILES string of the molecule is O=C(Cc1ccccc1)N[C@@H]1C(=O)N(c2ccccc2Br)[C@H]1/C=C/c1ccccc1. The highest BCUT2D eigenvalue weighted by molar-refractivity contribution is 9.10. The third kappa shape index (κ3) is 4.36. The molecule has 1 aliphatic heterocycles. The van der Waals surface area contributed by atoms with Gasteiger partial charge in [-0.05, 0) is 39.2 Å². The van der Waals surface area contributed by atoms with Crippen LogP contribution in [0.2, 0.25) is 0 Å². The molecule has 5 heteroatoms. The number of para-hydroxylation sites is 1. The number of rotatable bonds is 6. The predicted octanol–water partition coefficient (Wildman–Crippen LogP) is 4.61. The van der Waals surface area contributed by atoms with Crippen LogP contribution < -0.4 is 10.2 Å². The van der Waals surface area contributed by atoms with Crippen molar-refractivity contribution in [2.45, 2.75) is 18.5 Å². The fourth-order valence-electron chi connectivity index (χ4n) is 3.56. The van der Waals surface area contributed by atoms with Crippen LogP contribution >= 0.6 is 15.9 Å². The Balaban J connectivity index is 1.55. The summed E-state index contributed by atoms with van der Waals surface area (Å²) in [6.45, 7) is 0. The Bertz CT molecular complexity index is 1070. The highest BCUT2D eigenvalue weighted by Gasteiger charge is 2.48. The Hall–Kier alpha value is -3.18. The van der Waals surface area contributed by atoms with Gasteiger partial charge in [-0.3, -0.25) is 14.5 Å². The van der Waals surface area contributed by atoms with Gasteiger partial charge < -0.3 is 5.32 Å². The summed E-state index contributed by atoms with van der Waals surface area (Å²) in [5.41, 5.74) is 2.75. The molecule has 0 unspecified atom stereocenters. The van der Waals surface area contributed by atoms with Crippen LogP contribution in [0.3, 0.4) is 0 Å². The topological polar surface area (TPSA) is 49.4 Å². The van der Waals surface area contributed by atoms with Gasteiger partial charge in [0.05, 0.1) is 18.2 Å². The van der Waals surface area contributed by atoms with Crippen molar-refractivity contribution in [1.82, 2.24) is 5.32 Å². The minimum absolute atomic E-state index is 0.119. The summed E-state index contributed by atoms with van der Waals surface area (Å²) in [6.07, 6.45) is 4.20. The minimum Gasteiger partial charge on any atom is -0.342 e. The number of halogens is 1. The van der Waals surface area contributed by atoms with E-state index in [1.165, 1.54) is 0 Å². The second kappa shape index (κ2) is 9.09. The summed E-state index contributed by atoms with van der Waals surface area (Å²) in [4.78, 5) is 27.3. The molecular formula is C25H21BrN2O2. The molecule has 0 aromatic heterocycles. The van der Waals surface area contributed by atoms with Crippen molar-refractivity contribution in [3.63, 3.8) is 0 Å². The first-order valence-electron chi connectivity index (χ1n) is 9.77. The van der Waals surface area contributed by atoms with Gasteiger partial charge >= 0.3 is 0 Å². The average Bonchev–Trinajstić information content (AvgIpc) is 2.77. The molecule has 150 valence electrons. The normalized spacial score (nSPS) is 18.3. The first-order chi connectivity index (χ1) is 14.6. The average molecular weight is 461 g/mol. The van der Waals surface area contributed by atoms with Gasteiger partial charge in [-0.25, -0.2) is 0 Å². The maximum atomic E-state index is 13.0. The van der Waals surface area contributed by atoms with Crippen LogP contribution in [0.25, 0.3) is 6.08 Å². The second-order valence-electron chi connectivity index (χ2n) is 7.13. The van der Waals surface area contributed by atoms with E-state index < -0.39 is 6.04 Å². The largest absolute Gasteiger partial charge is 0.342 e. The van der Waals surface area contributed by atoms with Gasteiger partial charge in [0, 0.05) is 4.47 Å². The molecule has 0 bridgehead atoms. The predicted molar refractivity (Wildman–Crippen MR) is 123 cm³/mol. The molecule has 1 fully saturated rings. The third-order valence-electron chi connectivity index (χ3n) is 5.06. The number of hydrogen-bond donors (Lipinski definition) is 1. The van der Waals surface area contributed by atoms with Gasteiger partial charge in [-0.2, -0.15) is 0 Å². The van der Waals surface area contributed by atoms with Crippen molar-refractivity contribution >= 4 is 39.5 Å². The maximum absolute atomic E-state index is 13.0. The number of nitrogens with zero attached hydrogens (tertiary/aromatic N) is 1. The van der Waals surface area contributed by atoms with Gasteiger partial charge in [-0.15, -0.1) is 0 Å². The van der Waals surface area contributed by atoms with Crippen LogP contribution in [0.4, 0.5) is 5.69 Å². The molecule has 1 saturated heterocycles. The van der Waals surface area contributed by atoms with Crippen LogP contribution in [0.15, 0.2) is 95.5 Å². The molecule has 0 saturated carbocycles. The van der Waals surface area contributed by atoms with Crippen molar-refractivity contribution in [2.24, 2.45) is 0 Å². The Morgan fingerprint density at radius 2 is 1.57 bits per heavy atom. The van der Waals surface area contributed by atoms with Crippen molar-refractivity contribution in [3.05, 3.63) is 107 Å². The van der Waals surface area contributed by atoms with Crippen molar-refractivity contribution < 1.29 is 9.59 Å². The van der Waals surface area contributed by atoms with Gasteiger partial charge in [0.25, 0.3) is 5.91 Å². The number of carbonyl (C=O) groups excluding carboxylic acids is 2. The molecule has 2 amide bonds. The van der Waals surface area contributed by atoms with E-state index in [2.05, 4.69) is 21.2 Å². The van der Waals surface area contributed by atoms with Gasteiger partial charge in [0.15, 0.2) is 0 Å². The summed E-state index contributed by atoms with van der Waals surface area (Å²) in [7, 11) is 0. The van der Waals surface area contributed by atoms with E-state index in [1.807, 2.05) is 97.1 Å². The molecular weight excluding hydrogens is 440 g/mol. The number of carbonyl (C=O) groups is 2. The molecule has 2 atom stereocenters. The lowest BCUT2D eigenvalue weighted by Crippen LogP contribution is -2.70. The lowest BCUT2D eigenvalue weighted by atomic mass is 9.92. The Morgan fingerprint density at radius 3 is 2.27 bits per heavy atom. The van der Waals surface area contributed by atoms with E-state index >= 15 is 0 Å². The zero-order chi connectivity index (χ0) is 20.9. The fraction of sp³-hybridized carbons (Fsp3) is 0.120. The highest BCUT2D eigenvalue weighted by Crippen LogP contribution is 2.35. The first kappa shape index (κ1) is 20.1. The van der Waals surface area contributed by atoms with Crippen LogP contribution in [0, 0.1) is 0 Å². The van der Waals surface area contributed by atoms with Crippen LogP contribution in [-0.4, -0.2) is 23.9 Å². The molecule has 1 heterocycles. The summed E-state index contributed by atoms with van der Waals surface area (Å²) >= 11 is 3.53. The number of nitrogens with one attached hydrogen (secondary N) is 1. The summed E-state index contributed by atoms with van der Waals surface area (Å²) in [5.74, 6) is -0.282. The molecule has 0 aliphatic carbocycles. The number of β-lactam (4-membered cyclic amide) rings is 1. The van der Waals surface area contributed by atoms with E-state index in [4.69, 9.17) is 0 Å². The molecule has 30 heavy (non-hydrogen) atoms. The summed E-state index contributed by atoms with van der Waals surface area (Å²) in [6, 6.07) is 26.2. The van der Waals surface area contributed by atoms with Crippen LogP contribution in [0.5, 0.6) is 0 Å². The molecule has 3 aromatic carbocycles. The van der Waals surface area contributed by atoms with Crippen molar-refractivity contribution in [1.29, 1.82) is 0 Å². The Morgan fingerprint density at radius 1 is 0.933 bits per heavy atom.